The smallest absolute Gasteiger partial charge is 0.318 e. The predicted octanol–water partition coefficient (Wildman–Crippen LogP) is 6.79. The number of nitrogens with zero attached hydrogens (tertiary/aromatic N) is 7. The number of aromatic nitrogens is 3. The summed E-state index contributed by atoms with van der Waals surface area (Å²) in [6.45, 7) is 7.27. The van der Waals surface area contributed by atoms with Crippen LogP contribution in [-0.4, -0.2) is 90.0 Å². The highest BCUT2D eigenvalue weighted by molar-refractivity contribution is 6.36. The molecule has 0 bridgehead atoms. The number of fused-ring (bicyclic) bond motifs is 2. The Morgan fingerprint density at radius 2 is 1.75 bits per heavy atom. The molecular weight excluding hydrogens is 657 g/mol. The van der Waals surface area contributed by atoms with Crippen LogP contribution in [0.1, 0.15) is 19.8 Å². The minimum atomic E-state index is -2.15. The second-order valence-corrected chi connectivity index (χ2v) is 11.2. The highest BCUT2D eigenvalue weighted by Crippen LogP contribution is 2.38. The number of hydrogen-bond donors (Lipinski definition) is 0. The van der Waals surface area contributed by atoms with Crippen molar-refractivity contribution in [3.63, 3.8) is 0 Å². The number of benzene rings is 2. The lowest BCUT2D eigenvalue weighted by atomic mass is 10.0. The monoisotopic (exact) mass is 689 g/mol. The Balaban J connectivity index is 0.000000368. The zero-order valence-electron chi connectivity index (χ0n) is 26.3. The van der Waals surface area contributed by atoms with Crippen LogP contribution in [-0.2, 0) is 4.79 Å². The van der Waals surface area contributed by atoms with E-state index in [1.54, 1.807) is 30.3 Å². The number of hydrogen-bond acceptors (Lipinski definition) is 8. The molecule has 48 heavy (non-hydrogen) atoms. The predicted molar refractivity (Wildman–Crippen MR) is 174 cm³/mol. The van der Waals surface area contributed by atoms with Crippen molar-refractivity contribution >= 4 is 45.0 Å². The van der Waals surface area contributed by atoms with Crippen LogP contribution in [0.5, 0.6) is 6.01 Å². The summed E-state index contributed by atoms with van der Waals surface area (Å²) >= 11 is 6.25. The van der Waals surface area contributed by atoms with Crippen LogP contribution in [0, 0.1) is 23.0 Å². The summed E-state index contributed by atoms with van der Waals surface area (Å²) in [5.74, 6) is -2.79. The fraction of sp³-hybridized carbons (Fsp3) is 0.364. The summed E-state index contributed by atoms with van der Waals surface area (Å²) in [7, 11) is 1.36. The van der Waals surface area contributed by atoms with Gasteiger partial charge in [0.05, 0.1) is 30.1 Å². The fourth-order valence-electron chi connectivity index (χ4n) is 5.50. The van der Waals surface area contributed by atoms with E-state index < -0.39 is 29.8 Å². The molecule has 254 valence electrons. The van der Waals surface area contributed by atoms with E-state index in [2.05, 4.69) is 21.5 Å². The normalized spacial score (nSPS) is 14.7. The Kier molecular flexibility index (Phi) is 12.4. The molecule has 2 aromatic heterocycles. The van der Waals surface area contributed by atoms with Gasteiger partial charge < -0.3 is 14.5 Å². The molecule has 2 aliphatic rings. The van der Waals surface area contributed by atoms with Crippen molar-refractivity contribution < 1.29 is 31.5 Å². The number of halogens is 6. The molecule has 6 rings (SSSR count). The second kappa shape index (κ2) is 16.5. The number of carbonyl (C=O) groups is 1. The first kappa shape index (κ1) is 36.2. The first-order valence-corrected chi connectivity index (χ1v) is 15.4. The van der Waals surface area contributed by atoms with Gasteiger partial charge in [-0.3, -0.25) is 14.7 Å². The van der Waals surface area contributed by atoms with Crippen molar-refractivity contribution in [1.82, 2.24) is 24.8 Å². The number of methoxy groups -OCH3 is 1. The molecule has 2 fully saturated rings. The number of likely N-dealkylation sites (tertiary alicyclic amines) is 1. The maximum absolute atomic E-state index is 16.0. The third kappa shape index (κ3) is 8.26. The highest BCUT2D eigenvalue weighted by atomic mass is 35.5. The van der Waals surface area contributed by atoms with Crippen molar-refractivity contribution in [3.05, 3.63) is 65.6 Å². The number of alkyl halides is 2. The summed E-state index contributed by atoms with van der Waals surface area (Å²) < 4.78 is 72.0. The van der Waals surface area contributed by atoms with Crippen LogP contribution in [0.25, 0.3) is 32.9 Å². The molecule has 0 atom stereocenters. The average molecular weight is 690 g/mol. The Morgan fingerprint density at radius 1 is 1.08 bits per heavy atom. The lowest BCUT2D eigenvalue weighted by molar-refractivity contribution is -0.128. The van der Waals surface area contributed by atoms with Gasteiger partial charge in [0, 0.05) is 50.2 Å². The maximum atomic E-state index is 16.0. The average Bonchev–Trinajstić information content (AvgIpc) is 3.59. The molecule has 9 nitrogen and oxygen atoms in total. The molecule has 0 spiro atoms. The van der Waals surface area contributed by atoms with Gasteiger partial charge in [-0.2, -0.15) is 15.2 Å². The van der Waals surface area contributed by atoms with Crippen molar-refractivity contribution in [3.8, 4) is 23.3 Å². The number of carbonyl (C=O) groups excluding carboxylic acids is 1. The second-order valence-electron chi connectivity index (χ2n) is 10.8. The molecule has 4 aromatic rings. The van der Waals surface area contributed by atoms with Gasteiger partial charge in [0.1, 0.15) is 22.8 Å². The lowest BCUT2D eigenvalue weighted by Gasteiger charge is -2.35. The van der Waals surface area contributed by atoms with Crippen LogP contribution in [0.4, 0.5) is 27.8 Å². The number of rotatable bonds is 6. The Hall–Kier alpha value is -4.61. The van der Waals surface area contributed by atoms with Gasteiger partial charge >= 0.3 is 6.01 Å². The van der Waals surface area contributed by atoms with E-state index in [1.807, 2.05) is 9.80 Å². The number of ether oxygens (including phenoxy) is 1. The van der Waals surface area contributed by atoms with Gasteiger partial charge in [-0.25, -0.2) is 22.0 Å². The molecule has 0 radical (unpaired) electrons. The summed E-state index contributed by atoms with van der Waals surface area (Å²) in [6, 6.07) is 9.56. The first-order valence-electron chi connectivity index (χ1n) is 15.0. The van der Waals surface area contributed by atoms with Gasteiger partial charge in [-0.05, 0) is 37.4 Å². The Morgan fingerprint density at radius 3 is 2.35 bits per heavy atom. The van der Waals surface area contributed by atoms with Crippen LogP contribution in [0.15, 0.2) is 48.9 Å². The zero-order valence-corrected chi connectivity index (χ0v) is 27.1. The van der Waals surface area contributed by atoms with Crippen LogP contribution < -0.4 is 9.64 Å². The molecule has 0 unspecified atom stereocenters. The molecule has 0 aliphatic carbocycles. The van der Waals surface area contributed by atoms with E-state index in [-0.39, 0.29) is 41.9 Å². The maximum Gasteiger partial charge on any atom is 0.318 e. The minimum absolute atomic E-state index is 0.0278. The Labute approximate surface area is 279 Å². The molecule has 15 heteroatoms. The first-order chi connectivity index (χ1) is 23.0. The van der Waals surface area contributed by atoms with Crippen LogP contribution in [0.3, 0.4) is 0 Å². The number of piperazine rings is 1. The fourth-order valence-corrected chi connectivity index (χ4v) is 5.78. The van der Waals surface area contributed by atoms with Crippen molar-refractivity contribution in [2.45, 2.75) is 26.2 Å². The molecule has 1 amide bonds. The number of anilines is 1. The van der Waals surface area contributed by atoms with E-state index in [0.29, 0.717) is 40.6 Å². The van der Waals surface area contributed by atoms with Crippen molar-refractivity contribution in [2.24, 2.45) is 0 Å². The molecular formula is C33H33ClF5N7O2. The topological polar surface area (TPSA) is 98.5 Å². The Bertz CT molecular complexity index is 1820. The molecule has 2 aromatic carbocycles. The molecule has 2 aliphatic heterocycles. The van der Waals surface area contributed by atoms with E-state index in [0.717, 1.165) is 25.9 Å². The number of pyridine rings is 1. The molecule has 2 saturated heterocycles. The molecule has 0 N–H and O–H groups in total. The summed E-state index contributed by atoms with van der Waals surface area (Å²) in [6.07, 6.45) is 1.47. The highest BCUT2D eigenvalue weighted by Gasteiger charge is 2.27. The summed E-state index contributed by atoms with van der Waals surface area (Å²) in [4.78, 5) is 29.8. The zero-order chi connectivity index (χ0) is 35.0. The SMILES string of the molecule is C=C(F)C(=O)N1CCN(c2nc(OC)nc3c(F)c(-c4cccc5ccc(F)c(Cl)c45)ncc23)CC1.CC#N.FC(F)CN1CCCC1. The minimum Gasteiger partial charge on any atom is -0.467 e. The van der Waals surface area contributed by atoms with Gasteiger partial charge in [0.15, 0.2) is 11.6 Å². The van der Waals surface area contributed by atoms with Crippen molar-refractivity contribution in [2.75, 3.05) is 57.8 Å². The van der Waals surface area contributed by atoms with Crippen LogP contribution >= 0.6 is 11.6 Å². The van der Waals surface area contributed by atoms with E-state index in [9.17, 15) is 22.4 Å². The number of nitriles is 1. The van der Waals surface area contributed by atoms with Gasteiger partial charge in [0.25, 0.3) is 12.3 Å². The standard InChI is InChI=1S/C25H19ClF3N5O2.C6H11F2N.C2H3N/c1-13(27)24(35)34-10-8-33(9-11-34)23-16-12-30-21(20(29)22(16)31-25(32-23)36-2)15-5-3-4-14-6-7-17(28)19(26)18(14)15;7-6(8)5-9-3-1-2-4-9;1-2-3/h3-7,12H,1,8-11H2,2H3;6H,1-5H2;1H3. The molecule has 0 saturated carbocycles. The number of amides is 1. The lowest BCUT2D eigenvalue weighted by Crippen LogP contribution is -2.49. The van der Waals surface area contributed by atoms with Gasteiger partial charge in [0.2, 0.25) is 0 Å². The van der Waals surface area contributed by atoms with Gasteiger partial charge in [-0.15, -0.1) is 0 Å². The van der Waals surface area contributed by atoms with E-state index >= 15 is 4.39 Å². The summed E-state index contributed by atoms with van der Waals surface area (Å²) in [5.41, 5.74) is 0.223. The largest absolute Gasteiger partial charge is 0.467 e. The van der Waals surface area contributed by atoms with Crippen LogP contribution in [0.2, 0.25) is 5.02 Å². The third-order valence-electron chi connectivity index (χ3n) is 7.71. The van der Waals surface area contributed by atoms with Gasteiger partial charge in [-0.1, -0.05) is 42.4 Å². The summed E-state index contributed by atoms with van der Waals surface area (Å²) in [5, 5.41) is 8.48. The quantitative estimate of drug-likeness (QED) is 0.161. The van der Waals surface area contributed by atoms with E-state index in [4.69, 9.17) is 21.6 Å². The van der Waals surface area contributed by atoms with Crippen molar-refractivity contribution in [1.29, 1.82) is 5.26 Å². The third-order valence-corrected chi connectivity index (χ3v) is 8.08. The van der Waals surface area contributed by atoms with E-state index in [1.165, 1.54) is 31.2 Å². The molecule has 4 heterocycles.